The predicted octanol–water partition coefficient (Wildman–Crippen LogP) is 2.59. The lowest BCUT2D eigenvalue weighted by Crippen LogP contribution is -2.51. The Morgan fingerprint density at radius 1 is 1.08 bits per heavy atom. The molecule has 132 valence electrons. The minimum absolute atomic E-state index is 0.0741. The highest BCUT2D eigenvalue weighted by Gasteiger charge is 2.53. The van der Waals surface area contributed by atoms with Crippen LogP contribution in [0.4, 0.5) is 0 Å². The van der Waals surface area contributed by atoms with Gasteiger partial charge in [-0.25, -0.2) is 0 Å². The summed E-state index contributed by atoms with van der Waals surface area (Å²) < 4.78 is 0. The summed E-state index contributed by atoms with van der Waals surface area (Å²) in [6, 6.07) is 0. The van der Waals surface area contributed by atoms with Crippen molar-refractivity contribution in [2.24, 2.45) is 22.7 Å². The van der Waals surface area contributed by atoms with Crippen molar-refractivity contribution in [2.45, 2.75) is 65.1 Å². The number of fused-ring (bicyclic) bond motifs is 2. The lowest BCUT2D eigenvalue weighted by molar-refractivity contribution is -0.149. The summed E-state index contributed by atoms with van der Waals surface area (Å²) in [5.41, 5.74) is -0.00846. The molecule has 0 amide bonds. The molecule has 0 radical (unpaired) electrons. The maximum atomic E-state index is 13.1. The van der Waals surface area contributed by atoms with Crippen LogP contribution in [0, 0.1) is 22.7 Å². The van der Waals surface area contributed by atoms with Gasteiger partial charge in [-0.05, 0) is 42.6 Å². The summed E-state index contributed by atoms with van der Waals surface area (Å²) in [4.78, 5) is 25.5. The van der Waals surface area contributed by atoms with Gasteiger partial charge >= 0.3 is 0 Å². The molecule has 0 unspecified atom stereocenters. The van der Waals surface area contributed by atoms with E-state index in [1.54, 1.807) is 6.08 Å². The molecule has 4 heteroatoms. The molecular weight excluding hydrogens is 304 g/mol. The molecule has 3 aliphatic rings. The highest BCUT2D eigenvalue weighted by molar-refractivity contribution is 6.11. The number of hydrogen-bond donors (Lipinski definition) is 2. The van der Waals surface area contributed by atoms with Crippen LogP contribution in [0.3, 0.4) is 0 Å². The molecular formula is C20H28O4. The molecule has 0 aliphatic heterocycles. The molecule has 0 aromatic rings. The van der Waals surface area contributed by atoms with Crippen LogP contribution in [0.5, 0.6) is 0 Å². The molecule has 1 fully saturated rings. The normalized spacial score (nSPS) is 42.5. The van der Waals surface area contributed by atoms with Gasteiger partial charge in [0.2, 0.25) is 0 Å². The Balaban J connectivity index is 2.08. The van der Waals surface area contributed by atoms with Crippen molar-refractivity contribution >= 4 is 11.6 Å². The maximum absolute atomic E-state index is 13.1. The summed E-state index contributed by atoms with van der Waals surface area (Å²) in [7, 11) is 0. The van der Waals surface area contributed by atoms with E-state index in [1.165, 1.54) is 0 Å². The summed E-state index contributed by atoms with van der Waals surface area (Å²) in [6.45, 7) is 10.0. The maximum Gasteiger partial charge on any atom is 0.187 e. The monoisotopic (exact) mass is 332 g/mol. The number of carbonyl (C=O) groups is 2. The van der Waals surface area contributed by atoms with Gasteiger partial charge in [-0.3, -0.25) is 9.59 Å². The zero-order chi connectivity index (χ0) is 17.9. The first kappa shape index (κ1) is 17.6. The van der Waals surface area contributed by atoms with E-state index < -0.39 is 17.6 Å². The lowest BCUT2D eigenvalue weighted by atomic mass is 9.52. The second kappa shape index (κ2) is 5.63. The molecule has 2 N–H and O–H groups in total. The van der Waals surface area contributed by atoms with Crippen LogP contribution < -0.4 is 0 Å². The van der Waals surface area contributed by atoms with Crippen molar-refractivity contribution in [2.75, 3.05) is 0 Å². The van der Waals surface area contributed by atoms with Crippen molar-refractivity contribution in [1.82, 2.24) is 0 Å². The number of aliphatic hydroxyl groups is 2. The third-order valence-corrected chi connectivity index (χ3v) is 6.77. The van der Waals surface area contributed by atoms with Crippen LogP contribution in [-0.4, -0.2) is 34.0 Å². The molecule has 3 rings (SSSR count). The number of ketones is 2. The zero-order valence-corrected chi connectivity index (χ0v) is 14.8. The molecule has 0 aromatic heterocycles. The Hall–Kier alpha value is -1.26. The Kier molecular flexibility index (Phi) is 4.12. The number of aliphatic hydroxyl groups excluding tert-OH is 2. The van der Waals surface area contributed by atoms with E-state index in [0.717, 1.165) is 19.3 Å². The first-order valence-electron chi connectivity index (χ1n) is 8.93. The highest BCUT2D eigenvalue weighted by atomic mass is 16.3. The van der Waals surface area contributed by atoms with Crippen LogP contribution in [-0.2, 0) is 9.59 Å². The molecule has 0 heterocycles. The Morgan fingerprint density at radius 2 is 1.75 bits per heavy atom. The Morgan fingerprint density at radius 3 is 2.42 bits per heavy atom. The zero-order valence-electron chi connectivity index (χ0n) is 14.8. The topological polar surface area (TPSA) is 74.6 Å². The molecule has 4 nitrogen and oxygen atoms in total. The van der Waals surface area contributed by atoms with E-state index in [0.29, 0.717) is 17.6 Å². The second-order valence-electron chi connectivity index (χ2n) is 8.76. The van der Waals surface area contributed by atoms with Crippen molar-refractivity contribution in [3.63, 3.8) is 0 Å². The molecule has 0 spiro atoms. The fourth-order valence-electron chi connectivity index (χ4n) is 5.29. The minimum Gasteiger partial charge on any atom is -0.388 e. The number of Topliss-reactive ketones (excluding diaryl/α,β-unsaturated/α-hetero) is 2. The first-order chi connectivity index (χ1) is 11.1. The average Bonchev–Trinajstić information content (AvgIpc) is 2.77. The van der Waals surface area contributed by atoms with Gasteiger partial charge in [0.15, 0.2) is 11.6 Å². The smallest absolute Gasteiger partial charge is 0.187 e. The van der Waals surface area contributed by atoms with Crippen molar-refractivity contribution < 1.29 is 19.8 Å². The van der Waals surface area contributed by atoms with Crippen LogP contribution in [0.25, 0.3) is 0 Å². The number of rotatable bonds is 0. The van der Waals surface area contributed by atoms with Crippen molar-refractivity contribution in [3.05, 3.63) is 23.8 Å². The Labute approximate surface area is 143 Å². The van der Waals surface area contributed by atoms with Gasteiger partial charge in [-0.1, -0.05) is 39.8 Å². The molecule has 3 aliphatic carbocycles. The number of hydrogen-bond acceptors (Lipinski definition) is 4. The summed E-state index contributed by atoms with van der Waals surface area (Å²) in [5, 5.41) is 21.3. The van der Waals surface area contributed by atoms with Crippen LogP contribution in [0.1, 0.15) is 52.9 Å². The lowest BCUT2D eigenvalue weighted by Gasteiger charge is -2.51. The summed E-state index contributed by atoms with van der Waals surface area (Å²) in [5.74, 6) is -0.784. The quantitative estimate of drug-likeness (QED) is 0.669. The van der Waals surface area contributed by atoms with E-state index >= 15 is 0 Å². The fourth-order valence-corrected chi connectivity index (χ4v) is 5.29. The van der Waals surface area contributed by atoms with Gasteiger partial charge < -0.3 is 10.2 Å². The van der Waals surface area contributed by atoms with Gasteiger partial charge in [0, 0.05) is 16.9 Å². The number of allylic oxidation sites excluding steroid dienone is 2. The summed E-state index contributed by atoms with van der Waals surface area (Å²) >= 11 is 0. The van der Waals surface area contributed by atoms with Gasteiger partial charge in [-0.2, -0.15) is 0 Å². The predicted molar refractivity (Wildman–Crippen MR) is 91.2 cm³/mol. The van der Waals surface area contributed by atoms with Gasteiger partial charge in [0.1, 0.15) is 6.10 Å². The molecule has 0 saturated heterocycles. The average molecular weight is 332 g/mol. The fraction of sp³-hybridized carbons (Fsp3) is 0.700. The van der Waals surface area contributed by atoms with Gasteiger partial charge in [0.25, 0.3) is 0 Å². The standard InChI is InChI=1S/C20H28O4/c1-11-12-8-13(17(11)23)14(21)10-16-19(2,3)6-5-7-20(16,4)18(24)15(22)9-12/h8,12,14-16,21-22H,1,5-7,9-10H2,2-4H3/t12-,14+,15+,16-,20-/m1/s1. The van der Waals surface area contributed by atoms with E-state index in [9.17, 15) is 19.8 Å². The van der Waals surface area contributed by atoms with Gasteiger partial charge in [-0.15, -0.1) is 0 Å². The number of carbonyl (C=O) groups excluding carboxylic acids is 2. The molecule has 2 bridgehead atoms. The minimum atomic E-state index is -1.09. The van der Waals surface area contributed by atoms with Crippen LogP contribution >= 0.6 is 0 Å². The Bertz CT molecular complexity index is 630. The van der Waals surface area contributed by atoms with Crippen molar-refractivity contribution in [1.29, 1.82) is 0 Å². The van der Waals surface area contributed by atoms with Crippen LogP contribution in [0.2, 0.25) is 0 Å². The largest absolute Gasteiger partial charge is 0.388 e. The van der Waals surface area contributed by atoms with E-state index in [-0.39, 0.29) is 35.2 Å². The summed E-state index contributed by atoms with van der Waals surface area (Å²) in [6.07, 6.45) is 2.95. The van der Waals surface area contributed by atoms with Crippen LogP contribution in [0.15, 0.2) is 23.8 Å². The molecule has 24 heavy (non-hydrogen) atoms. The SMILES string of the molecule is C=C1C(=O)C2=C[C@@H]1C[C@H](O)C(=O)[C@]1(C)CCCC(C)(C)[C@H]1C[C@@H]2O. The van der Waals surface area contributed by atoms with E-state index in [2.05, 4.69) is 20.4 Å². The highest BCUT2D eigenvalue weighted by Crippen LogP contribution is 2.55. The molecule has 5 atom stereocenters. The van der Waals surface area contributed by atoms with E-state index in [4.69, 9.17) is 0 Å². The van der Waals surface area contributed by atoms with Gasteiger partial charge in [0.05, 0.1) is 6.10 Å². The molecule has 0 aromatic carbocycles. The third kappa shape index (κ3) is 2.51. The van der Waals surface area contributed by atoms with E-state index in [1.807, 2.05) is 6.92 Å². The second-order valence-corrected chi connectivity index (χ2v) is 8.76. The first-order valence-corrected chi connectivity index (χ1v) is 8.93. The van der Waals surface area contributed by atoms with Crippen molar-refractivity contribution in [3.8, 4) is 0 Å². The molecule has 1 saturated carbocycles. The third-order valence-electron chi connectivity index (χ3n) is 6.77.